The number of furan rings is 1. The molecule has 0 radical (unpaired) electrons. The van der Waals surface area contributed by atoms with E-state index in [9.17, 15) is 0 Å². The summed E-state index contributed by atoms with van der Waals surface area (Å²) in [5.74, 6) is 2.34. The molecule has 6 heteroatoms. The predicted octanol–water partition coefficient (Wildman–Crippen LogP) is 4.32. The third-order valence-electron chi connectivity index (χ3n) is 4.69. The fourth-order valence-electron chi connectivity index (χ4n) is 3.39. The van der Waals surface area contributed by atoms with Gasteiger partial charge in [0.05, 0.1) is 40.1 Å². The van der Waals surface area contributed by atoms with Crippen LogP contribution in [0.5, 0.6) is 17.2 Å². The summed E-state index contributed by atoms with van der Waals surface area (Å²) in [6, 6.07) is 7.63. The summed E-state index contributed by atoms with van der Waals surface area (Å²) < 4.78 is 28.1. The molecule has 0 fully saturated rings. The van der Waals surface area contributed by atoms with E-state index in [4.69, 9.17) is 23.4 Å². The zero-order chi connectivity index (χ0) is 18.8. The molecule has 0 N–H and O–H groups in total. The van der Waals surface area contributed by atoms with Gasteiger partial charge in [-0.3, -0.25) is 4.98 Å². The summed E-state index contributed by atoms with van der Waals surface area (Å²) in [5.41, 5.74) is 4.60. The molecule has 4 rings (SSSR count). The van der Waals surface area contributed by atoms with E-state index in [2.05, 4.69) is 11.1 Å². The van der Waals surface area contributed by atoms with Crippen molar-refractivity contribution in [2.24, 2.45) is 0 Å². The summed E-state index contributed by atoms with van der Waals surface area (Å²) in [7, 11) is 4.77. The fourth-order valence-corrected chi connectivity index (χ4v) is 3.39. The molecule has 27 heavy (non-hydrogen) atoms. The molecular weight excluding hydrogens is 346 g/mol. The van der Waals surface area contributed by atoms with E-state index < -0.39 is 0 Å². The second-order valence-corrected chi connectivity index (χ2v) is 6.12. The molecule has 0 aliphatic carbocycles. The second-order valence-electron chi connectivity index (χ2n) is 6.12. The van der Waals surface area contributed by atoms with Crippen molar-refractivity contribution in [1.82, 2.24) is 4.98 Å². The van der Waals surface area contributed by atoms with Crippen molar-refractivity contribution < 1.29 is 23.4 Å². The van der Waals surface area contributed by atoms with E-state index in [0.717, 1.165) is 28.6 Å². The number of fused-ring (bicyclic) bond motifs is 1. The van der Waals surface area contributed by atoms with Gasteiger partial charge < -0.3 is 23.4 Å². The van der Waals surface area contributed by atoms with Crippen molar-refractivity contribution >= 4 is 16.7 Å². The Labute approximate surface area is 157 Å². The van der Waals surface area contributed by atoms with Crippen molar-refractivity contribution in [3.05, 3.63) is 42.1 Å². The molecule has 0 atom stereocenters. The zero-order valence-electron chi connectivity index (χ0n) is 15.6. The maximum Gasteiger partial charge on any atom is 0.204 e. The number of aromatic nitrogens is 1. The second kappa shape index (κ2) is 7.32. The van der Waals surface area contributed by atoms with Crippen molar-refractivity contribution in [3.63, 3.8) is 0 Å². The van der Waals surface area contributed by atoms with E-state index in [1.54, 1.807) is 27.5 Å². The molecule has 3 aromatic rings. The maximum atomic E-state index is 6.23. The van der Waals surface area contributed by atoms with Gasteiger partial charge >= 0.3 is 0 Å². The van der Waals surface area contributed by atoms with Gasteiger partial charge in [-0.2, -0.15) is 0 Å². The highest BCUT2D eigenvalue weighted by Gasteiger charge is 2.21. The van der Waals surface area contributed by atoms with Crippen LogP contribution in [0.4, 0.5) is 0 Å². The number of rotatable bonds is 5. The van der Waals surface area contributed by atoms with Crippen LogP contribution in [0, 0.1) is 0 Å². The Morgan fingerprint density at radius 2 is 1.81 bits per heavy atom. The van der Waals surface area contributed by atoms with Gasteiger partial charge in [0.25, 0.3) is 0 Å². The molecular formula is C21H21NO5. The van der Waals surface area contributed by atoms with Gasteiger partial charge in [-0.05, 0) is 30.2 Å². The van der Waals surface area contributed by atoms with Crippen molar-refractivity contribution in [3.8, 4) is 28.6 Å². The first-order chi connectivity index (χ1) is 13.3. The van der Waals surface area contributed by atoms with Gasteiger partial charge in [0.2, 0.25) is 5.75 Å². The third kappa shape index (κ3) is 3.02. The number of hydrogen-bond donors (Lipinski definition) is 0. The van der Waals surface area contributed by atoms with E-state index in [-0.39, 0.29) is 0 Å². The molecule has 2 aromatic heterocycles. The molecule has 140 valence electrons. The Bertz CT molecular complexity index is 1010. The smallest absolute Gasteiger partial charge is 0.204 e. The summed E-state index contributed by atoms with van der Waals surface area (Å²) in [6.07, 6.45) is 4.76. The van der Waals surface area contributed by atoms with E-state index in [1.807, 2.05) is 24.3 Å². The van der Waals surface area contributed by atoms with Crippen LogP contribution in [0.2, 0.25) is 0 Å². The summed E-state index contributed by atoms with van der Waals surface area (Å²) in [5, 5.41) is 0. The Morgan fingerprint density at radius 1 is 0.963 bits per heavy atom. The topological polar surface area (TPSA) is 63.0 Å². The third-order valence-corrected chi connectivity index (χ3v) is 4.69. The molecule has 1 aliphatic heterocycles. The van der Waals surface area contributed by atoms with Gasteiger partial charge in [0.15, 0.2) is 17.1 Å². The number of nitrogens with zero attached hydrogens (tertiary/aromatic N) is 1. The van der Waals surface area contributed by atoms with Gasteiger partial charge in [0, 0.05) is 17.8 Å². The normalized spacial score (nSPS) is 14.1. The SMILES string of the molecule is COc1ccc(-c2cc3nccc(C4=CCOCC4)c3o2)c(OC)c1OC. The van der Waals surface area contributed by atoms with Crippen LogP contribution < -0.4 is 14.2 Å². The Morgan fingerprint density at radius 3 is 2.52 bits per heavy atom. The minimum atomic E-state index is 0.526. The predicted molar refractivity (Wildman–Crippen MR) is 103 cm³/mol. The fraction of sp³-hybridized carbons (Fsp3) is 0.286. The molecule has 0 saturated carbocycles. The van der Waals surface area contributed by atoms with Crippen LogP contribution >= 0.6 is 0 Å². The Kier molecular flexibility index (Phi) is 4.73. The Hall–Kier alpha value is -2.99. The largest absolute Gasteiger partial charge is 0.493 e. The minimum absolute atomic E-state index is 0.526. The highest BCUT2D eigenvalue weighted by molar-refractivity contribution is 5.91. The first kappa shape index (κ1) is 17.4. The van der Waals surface area contributed by atoms with Gasteiger partial charge in [-0.15, -0.1) is 0 Å². The van der Waals surface area contributed by atoms with E-state index >= 15 is 0 Å². The van der Waals surface area contributed by atoms with Crippen LogP contribution in [0.3, 0.4) is 0 Å². The van der Waals surface area contributed by atoms with Crippen LogP contribution in [0.15, 0.2) is 41.0 Å². The number of benzene rings is 1. The molecule has 0 saturated heterocycles. The van der Waals surface area contributed by atoms with Crippen LogP contribution in [0.1, 0.15) is 12.0 Å². The lowest BCUT2D eigenvalue weighted by molar-refractivity contribution is 0.161. The lowest BCUT2D eigenvalue weighted by Crippen LogP contribution is -2.03. The summed E-state index contributed by atoms with van der Waals surface area (Å²) >= 11 is 0. The number of pyridine rings is 1. The van der Waals surface area contributed by atoms with Crippen LogP contribution in [-0.2, 0) is 4.74 Å². The van der Waals surface area contributed by atoms with Crippen molar-refractivity contribution in [2.45, 2.75) is 6.42 Å². The van der Waals surface area contributed by atoms with E-state index in [0.29, 0.717) is 36.2 Å². The van der Waals surface area contributed by atoms with E-state index in [1.165, 1.54) is 5.57 Å². The lowest BCUT2D eigenvalue weighted by Gasteiger charge is -2.14. The Balaban J connectivity index is 1.87. The van der Waals surface area contributed by atoms with Crippen molar-refractivity contribution in [1.29, 1.82) is 0 Å². The standard InChI is InChI=1S/C21H21NO5/c1-23-17-5-4-15(20(24-2)21(17)25-3)18-12-16-19(27-18)14(6-9-22-16)13-7-10-26-11-8-13/h4-7,9,12H,8,10-11H2,1-3H3. The molecule has 6 nitrogen and oxygen atoms in total. The number of methoxy groups -OCH3 is 3. The summed E-state index contributed by atoms with van der Waals surface area (Å²) in [6.45, 7) is 1.34. The van der Waals surface area contributed by atoms with Gasteiger partial charge in [-0.1, -0.05) is 6.08 Å². The minimum Gasteiger partial charge on any atom is -0.493 e. The zero-order valence-corrected chi connectivity index (χ0v) is 15.6. The number of hydrogen-bond acceptors (Lipinski definition) is 6. The first-order valence-electron chi connectivity index (χ1n) is 8.72. The molecule has 0 spiro atoms. The van der Waals surface area contributed by atoms with Crippen molar-refractivity contribution in [2.75, 3.05) is 34.5 Å². The molecule has 0 bridgehead atoms. The molecule has 1 aromatic carbocycles. The monoisotopic (exact) mass is 367 g/mol. The van der Waals surface area contributed by atoms with Crippen LogP contribution in [-0.4, -0.2) is 39.5 Å². The average molecular weight is 367 g/mol. The average Bonchev–Trinajstić information content (AvgIpc) is 3.17. The lowest BCUT2D eigenvalue weighted by atomic mass is 10.0. The quantitative estimate of drug-likeness (QED) is 0.669. The molecule has 3 heterocycles. The first-order valence-corrected chi connectivity index (χ1v) is 8.72. The van der Waals surface area contributed by atoms with Gasteiger partial charge in [0.1, 0.15) is 11.3 Å². The van der Waals surface area contributed by atoms with Crippen LogP contribution in [0.25, 0.3) is 28.0 Å². The number of ether oxygens (including phenoxy) is 4. The highest BCUT2D eigenvalue weighted by atomic mass is 16.5. The maximum absolute atomic E-state index is 6.23. The molecule has 1 aliphatic rings. The highest BCUT2D eigenvalue weighted by Crippen LogP contribution is 2.45. The van der Waals surface area contributed by atoms with Gasteiger partial charge in [-0.25, -0.2) is 0 Å². The molecule has 0 amide bonds. The molecule has 0 unspecified atom stereocenters. The summed E-state index contributed by atoms with van der Waals surface area (Å²) in [4.78, 5) is 4.47.